The van der Waals surface area contributed by atoms with Crippen molar-refractivity contribution < 1.29 is 19.7 Å². The highest BCUT2D eigenvalue weighted by Gasteiger charge is 2.63. The molecule has 1 saturated heterocycles. The van der Waals surface area contributed by atoms with Crippen LogP contribution in [0, 0.1) is 0 Å². The van der Waals surface area contributed by atoms with Crippen LogP contribution in [0.3, 0.4) is 0 Å². The van der Waals surface area contributed by atoms with Crippen LogP contribution in [0.5, 0.6) is 0 Å². The van der Waals surface area contributed by atoms with Crippen LogP contribution in [0.4, 0.5) is 0 Å². The summed E-state index contributed by atoms with van der Waals surface area (Å²) in [5.74, 6) is 0. The monoisotopic (exact) mass is 496 g/mol. The van der Waals surface area contributed by atoms with E-state index < -0.39 is 28.4 Å². The molecule has 1 fully saturated rings. The minimum Gasteiger partial charge on any atom is -0.384 e. The van der Waals surface area contributed by atoms with Crippen molar-refractivity contribution in [3.8, 4) is 0 Å². The summed E-state index contributed by atoms with van der Waals surface area (Å²) >= 11 is 3.53. The lowest BCUT2D eigenvalue weighted by molar-refractivity contribution is -0.303. The quantitative estimate of drug-likeness (QED) is 0.467. The zero-order valence-corrected chi connectivity index (χ0v) is 19.7. The summed E-state index contributed by atoms with van der Waals surface area (Å²) in [6.45, 7) is 2.19. The number of ether oxygens (including phenoxy) is 2. The molecule has 0 aliphatic carbocycles. The SMILES string of the molecule is C[C@@H]1O[C@@H](Br)[C@](O)(Cc2ccccc2)[C@@](O)(Cc2ccccc2)[C@@H]1OCc1ccccc1. The van der Waals surface area contributed by atoms with Crippen LogP contribution < -0.4 is 0 Å². The first kappa shape index (κ1) is 23.1. The minimum absolute atomic E-state index is 0.213. The second kappa shape index (κ2) is 9.86. The highest BCUT2D eigenvalue weighted by Crippen LogP contribution is 2.46. The molecule has 0 amide bonds. The molecule has 0 spiro atoms. The molecular weight excluding hydrogens is 468 g/mol. The van der Waals surface area contributed by atoms with E-state index in [0.717, 1.165) is 16.7 Å². The third-order valence-electron chi connectivity index (χ3n) is 6.26. The van der Waals surface area contributed by atoms with Crippen molar-refractivity contribution >= 4 is 15.9 Å². The van der Waals surface area contributed by atoms with Crippen LogP contribution in [-0.2, 0) is 28.9 Å². The lowest BCUT2D eigenvalue weighted by atomic mass is 9.69. The van der Waals surface area contributed by atoms with Gasteiger partial charge in [0.1, 0.15) is 22.3 Å². The van der Waals surface area contributed by atoms with Crippen molar-refractivity contribution in [1.82, 2.24) is 0 Å². The molecule has 3 aromatic rings. The van der Waals surface area contributed by atoms with Crippen LogP contribution in [0.15, 0.2) is 91.0 Å². The average molecular weight is 497 g/mol. The van der Waals surface area contributed by atoms with Gasteiger partial charge in [0.15, 0.2) is 0 Å². The van der Waals surface area contributed by atoms with Gasteiger partial charge in [-0.3, -0.25) is 0 Å². The summed E-state index contributed by atoms with van der Waals surface area (Å²) in [6.07, 6.45) is -0.740. The van der Waals surface area contributed by atoms with Gasteiger partial charge in [0.05, 0.1) is 12.7 Å². The van der Waals surface area contributed by atoms with Crippen molar-refractivity contribution in [2.45, 2.75) is 54.8 Å². The van der Waals surface area contributed by atoms with Gasteiger partial charge in [0.2, 0.25) is 0 Å². The van der Waals surface area contributed by atoms with Crippen LogP contribution >= 0.6 is 15.9 Å². The van der Waals surface area contributed by atoms with Gasteiger partial charge in [-0.1, -0.05) is 107 Å². The molecule has 0 aromatic heterocycles. The minimum atomic E-state index is -1.63. The van der Waals surface area contributed by atoms with Crippen LogP contribution in [0.25, 0.3) is 0 Å². The number of alkyl halides is 1. The zero-order chi connectivity index (χ0) is 22.6. The van der Waals surface area contributed by atoms with Gasteiger partial charge >= 0.3 is 0 Å². The topological polar surface area (TPSA) is 58.9 Å². The Morgan fingerprint density at radius 2 is 1.19 bits per heavy atom. The van der Waals surface area contributed by atoms with E-state index in [1.165, 1.54) is 0 Å². The lowest BCUT2D eigenvalue weighted by Crippen LogP contribution is -2.74. The Bertz CT molecular complexity index is 984. The third kappa shape index (κ3) is 4.68. The zero-order valence-electron chi connectivity index (χ0n) is 18.1. The molecule has 1 aliphatic rings. The largest absolute Gasteiger partial charge is 0.384 e. The van der Waals surface area contributed by atoms with Crippen molar-refractivity contribution in [2.75, 3.05) is 0 Å². The standard InChI is InChI=1S/C27H29BrO4/c1-20-24(31-19-23-15-9-4-10-16-23)26(29,17-21-11-5-2-6-12-21)27(30,25(28)32-20)18-22-13-7-3-8-14-22/h2-16,20,24-25,29-30H,17-19H2,1H3/t20-,24+,25+,26+,27+/m0/s1. The second-order valence-electron chi connectivity index (χ2n) is 8.55. The number of halogens is 1. The summed E-state index contributed by atoms with van der Waals surface area (Å²) in [5.41, 5.74) is -0.410. The molecule has 2 N–H and O–H groups in total. The second-order valence-corrected chi connectivity index (χ2v) is 9.38. The van der Waals surface area contributed by atoms with Crippen molar-refractivity contribution in [3.63, 3.8) is 0 Å². The highest BCUT2D eigenvalue weighted by atomic mass is 79.9. The van der Waals surface area contributed by atoms with Gasteiger partial charge in [-0.15, -0.1) is 0 Å². The molecule has 1 aliphatic heterocycles. The summed E-state index contributed by atoms with van der Waals surface area (Å²) in [6, 6.07) is 29.2. The molecule has 5 heteroatoms. The maximum atomic E-state index is 12.3. The predicted molar refractivity (Wildman–Crippen MR) is 128 cm³/mol. The average Bonchev–Trinajstić information content (AvgIpc) is 2.80. The molecule has 32 heavy (non-hydrogen) atoms. The van der Waals surface area contributed by atoms with Gasteiger partial charge in [0.25, 0.3) is 0 Å². The summed E-state index contributed by atoms with van der Waals surface area (Å²) < 4.78 is 12.4. The molecule has 168 valence electrons. The fourth-order valence-electron chi connectivity index (χ4n) is 4.54. The predicted octanol–water partition coefficient (Wildman–Crippen LogP) is 4.66. The molecule has 4 nitrogen and oxygen atoms in total. The van der Waals surface area contributed by atoms with E-state index in [1.807, 2.05) is 97.9 Å². The molecular formula is C27H29BrO4. The maximum Gasteiger partial charge on any atom is 0.144 e. The third-order valence-corrected chi connectivity index (χ3v) is 7.23. The number of rotatable bonds is 7. The highest BCUT2D eigenvalue weighted by molar-refractivity contribution is 9.09. The lowest BCUT2D eigenvalue weighted by Gasteiger charge is -2.55. The Kier molecular flexibility index (Phi) is 7.13. The van der Waals surface area contributed by atoms with E-state index in [4.69, 9.17) is 9.47 Å². The van der Waals surface area contributed by atoms with E-state index in [2.05, 4.69) is 15.9 Å². The first-order valence-corrected chi connectivity index (χ1v) is 11.8. The fraction of sp³-hybridized carbons (Fsp3) is 0.333. The Morgan fingerprint density at radius 3 is 1.69 bits per heavy atom. The van der Waals surface area contributed by atoms with E-state index in [-0.39, 0.29) is 12.8 Å². The van der Waals surface area contributed by atoms with E-state index in [1.54, 1.807) is 0 Å². The summed E-state index contributed by atoms with van der Waals surface area (Å²) in [5, 5.41) is 23.6. The molecule has 0 saturated carbocycles. The molecule has 0 unspecified atom stereocenters. The van der Waals surface area contributed by atoms with Crippen LogP contribution in [-0.4, -0.2) is 38.6 Å². The summed E-state index contributed by atoms with van der Waals surface area (Å²) in [4.78, 5) is 0. The number of benzene rings is 3. The molecule has 4 rings (SSSR count). The number of aliphatic hydroxyl groups is 2. The van der Waals surface area contributed by atoms with Crippen LogP contribution in [0.2, 0.25) is 0 Å². The molecule has 0 bridgehead atoms. The van der Waals surface area contributed by atoms with E-state index in [9.17, 15) is 10.2 Å². The molecule has 3 aromatic carbocycles. The van der Waals surface area contributed by atoms with Gasteiger partial charge < -0.3 is 19.7 Å². The first-order chi connectivity index (χ1) is 15.4. The van der Waals surface area contributed by atoms with Crippen molar-refractivity contribution in [3.05, 3.63) is 108 Å². The van der Waals surface area contributed by atoms with Crippen molar-refractivity contribution in [1.29, 1.82) is 0 Å². The number of hydrogen-bond donors (Lipinski definition) is 2. The fourth-order valence-corrected chi connectivity index (χ4v) is 5.44. The van der Waals surface area contributed by atoms with Gasteiger partial charge in [0, 0.05) is 12.8 Å². The van der Waals surface area contributed by atoms with Gasteiger partial charge in [-0.05, 0) is 23.6 Å². The molecule has 5 atom stereocenters. The first-order valence-electron chi connectivity index (χ1n) is 10.9. The summed E-state index contributed by atoms with van der Waals surface area (Å²) in [7, 11) is 0. The molecule has 0 radical (unpaired) electrons. The normalized spacial score (nSPS) is 30.2. The van der Waals surface area contributed by atoms with E-state index in [0.29, 0.717) is 6.61 Å². The van der Waals surface area contributed by atoms with Gasteiger partial charge in [-0.25, -0.2) is 0 Å². The Hall–Kier alpha value is -2.02. The Balaban J connectivity index is 1.72. The maximum absolute atomic E-state index is 12.3. The Labute approximate surface area is 198 Å². The van der Waals surface area contributed by atoms with E-state index >= 15 is 0 Å². The Morgan fingerprint density at radius 1 is 0.750 bits per heavy atom. The molecule has 1 heterocycles. The number of hydrogen-bond acceptors (Lipinski definition) is 4. The van der Waals surface area contributed by atoms with Crippen LogP contribution in [0.1, 0.15) is 23.6 Å². The smallest absolute Gasteiger partial charge is 0.144 e. The van der Waals surface area contributed by atoms with Crippen molar-refractivity contribution in [2.24, 2.45) is 0 Å². The van der Waals surface area contributed by atoms with Gasteiger partial charge in [-0.2, -0.15) is 0 Å².